The van der Waals surface area contributed by atoms with Crippen LogP contribution in [-0.2, 0) is 0 Å². The van der Waals surface area contributed by atoms with Gasteiger partial charge < -0.3 is 10.2 Å². The fourth-order valence-electron chi connectivity index (χ4n) is 4.40. The highest BCUT2D eigenvalue weighted by molar-refractivity contribution is 5.25. The Balaban J connectivity index is 3.20. The van der Waals surface area contributed by atoms with Crippen LogP contribution < -0.4 is 0 Å². The normalized spacial score (nSPS) is 10.5. The molecule has 2 nitrogen and oxygen atoms in total. The van der Waals surface area contributed by atoms with Gasteiger partial charge in [-0.2, -0.15) is 0 Å². The van der Waals surface area contributed by atoms with Crippen molar-refractivity contribution < 1.29 is 10.2 Å². The summed E-state index contributed by atoms with van der Waals surface area (Å²) in [6.45, 7) is 0.712. The van der Waals surface area contributed by atoms with Gasteiger partial charge in [-0.05, 0) is 37.5 Å². The summed E-state index contributed by atoms with van der Waals surface area (Å²) >= 11 is 0. The number of hydrogen-bond donors (Lipinski definition) is 2. The van der Waals surface area contributed by atoms with Crippen LogP contribution in [0.4, 0.5) is 0 Å². The Labute approximate surface area is 214 Å². The van der Waals surface area contributed by atoms with Crippen molar-refractivity contribution in [1.29, 1.82) is 0 Å². The Kier molecular flexibility index (Phi) is 31.1. The largest absolute Gasteiger partial charge is 0.396 e. The van der Waals surface area contributed by atoms with Crippen LogP contribution in [0.3, 0.4) is 0 Å². The summed E-state index contributed by atoms with van der Waals surface area (Å²) in [7, 11) is 0. The lowest BCUT2D eigenvalue weighted by Crippen LogP contribution is -1.84. The van der Waals surface area contributed by atoms with E-state index in [1.54, 1.807) is 0 Å². The van der Waals surface area contributed by atoms with Crippen molar-refractivity contribution in [3.8, 4) is 23.7 Å². The molecule has 0 unspecified atom stereocenters. The smallest absolute Gasteiger partial charge is 0.0431 e. The first-order chi connectivity index (χ1) is 16.9. The molecule has 2 N–H and O–H groups in total. The van der Waals surface area contributed by atoms with Crippen molar-refractivity contribution in [2.75, 3.05) is 13.2 Å². The molecule has 0 aliphatic rings. The minimum absolute atomic E-state index is 0.356. The van der Waals surface area contributed by atoms with Crippen LogP contribution in [0.25, 0.3) is 0 Å². The van der Waals surface area contributed by atoms with Crippen LogP contribution in [0.5, 0.6) is 0 Å². The lowest BCUT2D eigenvalue weighted by molar-refractivity contribution is 0.282. The molecule has 0 aromatic carbocycles. The molecule has 0 spiro atoms. The fraction of sp³-hybridized carbons (Fsp3) is 0.875. The Morgan fingerprint density at radius 3 is 0.706 bits per heavy atom. The zero-order valence-electron chi connectivity index (χ0n) is 22.7. The number of hydrogen-bond acceptors (Lipinski definition) is 2. The molecule has 0 aliphatic heterocycles. The summed E-state index contributed by atoms with van der Waals surface area (Å²) in [5.41, 5.74) is 0. The van der Waals surface area contributed by atoms with Crippen LogP contribution in [0, 0.1) is 23.7 Å². The molecule has 0 saturated carbocycles. The Morgan fingerprint density at radius 1 is 0.265 bits per heavy atom. The predicted molar refractivity (Wildman–Crippen MR) is 150 cm³/mol. The molecule has 0 saturated heterocycles. The highest BCUT2D eigenvalue weighted by atomic mass is 16.3. The van der Waals surface area contributed by atoms with Crippen molar-refractivity contribution in [2.24, 2.45) is 0 Å². The topological polar surface area (TPSA) is 40.5 Å². The highest BCUT2D eigenvalue weighted by Gasteiger charge is 1.94. The third-order valence-electron chi connectivity index (χ3n) is 6.66. The maximum absolute atomic E-state index is 8.75. The van der Waals surface area contributed by atoms with Gasteiger partial charge in [0.2, 0.25) is 0 Å². The van der Waals surface area contributed by atoms with Gasteiger partial charge in [-0.3, -0.25) is 0 Å². The van der Waals surface area contributed by atoms with E-state index in [1.165, 1.54) is 141 Å². The fourth-order valence-corrected chi connectivity index (χ4v) is 4.40. The molecule has 0 aromatic heterocycles. The number of rotatable bonds is 26. The van der Waals surface area contributed by atoms with Crippen molar-refractivity contribution in [3.05, 3.63) is 0 Å². The van der Waals surface area contributed by atoms with Gasteiger partial charge in [0.15, 0.2) is 0 Å². The van der Waals surface area contributed by atoms with Crippen LogP contribution in [0.15, 0.2) is 0 Å². The maximum Gasteiger partial charge on any atom is 0.0431 e. The molecule has 0 fully saturated rings. The van der Waals surface area contributed by atoms with E-state index in [9.17, 15) is 0 Å². The van der Waals surface area contributed by atoms with Gasteiger partial charge >= 0.3 is 0 Å². The lowest BCUT2D eigenvalue weighted by Gasteiger charge is -2.02. The van der Waals surface area contributed by atoms with E-state index in [0.717, 1.165) is 25.7 Å². The van der Waals surface area contributed by atoms with Gasteiger partial charge in [-0.25, -0.2) is 0 Å². The molecule has 0 radical (unpaired) electrons. The summed E-state index contributed by atoms with van der Waals surface area (Å²) in [5.74, 6) is 12.5. The van der Waals surface area contributed by atoms with E-state index >= 15 is 0 Å². The molecule has 0 aromatic rings. The summed E-state index contributed by atoms with van der Waals surface area (Å²) in [5, 5.41) is 17.5. The quantitative estimate of drug-likeness (QED) is 0.0969. The standard InChI is InChI=1S/C32H58O2/c33-31-29-27-25-23-21-19-17-15-13-11-9-7-5-3-1-2-4-6-8-10-12-14-16-18-20-22-24-26-28-30-32-34/h33-34H,5-32H2. The van der Waals surface area contributed by atoms with E-state index in [2.05, 4.69) is 23.7 Å². The molecule has 2 heteroatoms. The Morgan fingerprint density at radius 2 is 0.471 bits per heavy atom. The lowest BCUT2D eigenvalue weighted by atomic mass is 10.0. The molecule has 34 heavy (non-hydrogen) atoms. The molecule has 0 heterocycles. The monoisotopic (exact) mass is 474 g/mol. The van der Waals surface area contributed by atoms with E-state index < -0.39 is 0 Å². The second-order valence-electron chi connectivity index (χ2n) is 10.0. The van der Waals surface area contributed by atoms with Gasteiger partial charge in [0.05, 0.1) is 0 Å². The minimum Gasteiger partial charge on any atom is -0.396 e. The highest BCUT2D eigenvalue weighted by Crippen LogP contribution is 2.13. The average molecular weight is 475 g/mol. The average Bonchev–Trinajstić information content (AvgIpc) is 2.85. The summed E-state index contributed by atoms with van der Waals surface area (Å²) in [4.78, 5) is 0. The van der Waals surface area contributed by atoms with Gasteiger partial charge in [0.25, 0.3) is 0 Å². The third kappa shape index (κ3) is 31.0. The van der Waals surface area contributed by atoms with Gasteiger partial charge in [0, 0.05) is 26.1 Å². The van der Waals surface area contributed by atoms with Crippen molar-refractivity contribution >= 4 is 0 Å². The van der Waals surface area contributed by atoms with E-state index in [4.69, 9.17) is 10.2 Å². The molecular weight excluding hydrogens is 416 g/mol. The molecule has 0 aliphatic carbocycles. The minimum atomic E-state index is 0.356. The predicted octanol–water partition coefficient (Wildman–Crippen LogP) is 9.12. The summed E-state index contributed by atoms with van der Waals surface area (Å²) < 4.78 is 0. The SMILES string of the molecule is OCCCCCCCCCCCCCCC#CC#CCCCCCCCCCCCCCCO. The molecule has 0 atom stereocenters. The van der Waals surface area contributed by atoms with Crippen LogP contribution in [0.2, 0.25) is 0 Å². The molecule has 0 amide bonds. The zero-order valence-corrected chi connectivity index (χ0v) is 22.7. The Hall–Kier alpha value is -0.960. The van der Waals surface area contributed by atoms with E-state index in [1.807, 2.05) is 0 Å². The first-order valence-corrected chi connectivity index (χ1v) is 15.1. The second-order valence-corrected chi connectivity index (χ2v) is 10.0. The van der Waals surface area contributed by atoms with E-state index in [-0.39, 0.29) is 0 Å². The van der Waals surface area contributed by atoms with Crippen LogP contribution in [0.1, 0.15) is 167 Å². The third-order valence-corrected chi connectivity index (χ3v) is 6.66. The van der Waals surface area contributed by atoms with E-state index in [0.29, 0.717) is 13.2 Å². The molecule has 0 bridgehead atoms. The number of aliphatic hydroxyl groups excluding tert-OH is 2. The van der Waals surface area contributed by atoms with Crippen molar-refractivity contribution in [3.63, 3.8) is 0 Å². The van der Waals surface area contributed by atoms with Crippen LogP contribution >= 0.6 is 0 Å². The number of aliphatic hydroxyl groups is 2. The zero-order chi connectivity index (χ0) is 24.6. The Bertz CT molecular complexity index is 445. The maximum atomic E-state index is 8.75. The van der Waals surface area contributed by atoms with Crippen LogP contribution in [-0.4, -0.2) is 23.4 Å². The summed E-state index contributed by atoms with van der Waals surface area (Å²) in [6.07, 6.45) is 33.3. The van der Waals surface area contributed by atoms with Crippen molar-refractivity contribution in [1.82, 2.24) is 0 Å². The van der Waals surface area contributed by atoms with Gasteiger partial charge in [-0.1, -0.05) is 140 Å². The van der Waals surface area contributed by atoms with Gasteiger partial charge in [0.1, 0.15) is 0 Å². The van der Waals surface area contributed by atoms with Gasteiger partial charge in [-0.15, -0.1) is 0 Å². The number of unbranched alkanes of at least 4 members (excludes halogenated alkanes) is 24. The molecule has 0 rings (SSSR count). The summed E-state index contributed by atoms with van der Waals surface area (Å²) in [6, 6.07) is 0. The first kappa shape index (κ1) is 33.0. The second kappa shape index (κ2) is 32.0. The van der Waals surface area contributed by atoms with Crippen molar-refractivity contribution in [2.45, 2.75) is 167 Å². The first-order valence-electron chi connectivity index (χ1n) is 15.1. The molecular formula is C32H58O2. The molecule has 198 valence electrons.